The molecule has 0 atom stereocenters. The van der Waals surface area contributed by atoms with Crippen LogP contribution < -0.4 is 5.32 Å². The third kappa shape index (κ3) is 3.89. The average Bonchev–Trinajstić information content (AvgIpc) is 3.00. The van der Waals surface area contributed by atoms with E-state index >= 15 is 0 Å². The molecule has 1 amide bonds. The van der Waals surface area contributed by atoms with E-state index in [0.717, 1.165) is 5.56 Å². The van der Waals surface area contributed by atoms with Crippen LogP contribution in [0.25, 0.3) is 0 Å². The molecule has 0 bridgehead atoms. The normalized spacial score (nSPS) is 18.3. The lowest BCUT2D eigenvalue weighted by molar-refractivity contribution is -0.126. The molecular weight excluding hydrogens is 393 g/mol. The number of aryl methyl sites for hydroxylation is 1. The Bertz CT molecular complexity index is 1090. The van der Waals surface area contributed by atoms with Crippen molar-refractivity contribution in [2.24, 2.45) is 10.3 Å². The second-order valence-corrected chi connectivity index (χ2v) is 9.02. The summed E-state index contributed by atoms with van der Waals surface area (Å²) >= 11 is 0. The van der Waals surface area contributed by atoms with Gasteiger partial charge in [-0.3, -0.25) is 4.79 Å². The minimum atomic E-state index is -3.64. The second kappa shape index (κ2) is 7.59. The number of halogens is 1. The molecule has 8 heteroatoms. The Balaban J connectivity index is 1.36. The van der Waals surface area contributed by atoms with Crippen LogP contribution in [0.15, 0.2) is 51.8 Å². The Morgan fingerprint density at radius 1 is 1.21 bits per heavy atom. The van der Waals surface area contributed by atoms with E-state index in [-0.39, 0.29) is 29.1 Å². The van der Waals surface area contributed by atoms with Crippen molar-refractivity contribution < 1.29 is 17.6 Å². The number of nitrogens with one attached hydrogen (secondary N) is 1. The number of carbonyl (C=O) groups excluding carboxylic acids is 1. The van der Waals surface area contributed by atoms with E-state index in [0.29, 0.717) is 42.9 Å². The highest BCUT2D eigenvalue weighted by Crippen LogP contribution is 2.29. The van der Waals surface area contributed by atoms with Gasteiger partial charge in [0.05, 0.1) is 0 Å². The Labute approximate surface area is 169 Å². The zero-order chi connectivity index (χ0) is 20.6. The van der Waals surface area contributed by atoms with Gasteiger partial charge in [-0.1, -0.05) is 24.3 Å². The van der Waals surface area contributed by atoms with Gasteiger partial charge in [-0.25, -0.2) is 4.39 Å². The van der Waals surface area contributed by atoms with Crippen LogP contribution in [-0.4, -0.2) is 38.2 Å². The summed E-state index contributed by atoms with van der Waals surface area (Å²) in [4.78, 5) is 14.7. The number of benzene rings is 2. The molecule has 0 aromatic heterocycles. The van der Waals surface area contributed by atoms with Crippen molar-refractivity contribution in [2.45, 2.75) is 31.2 Å². The van der Waals surface area contributed by atoms with Crippen molar-refractivity contribution in [3.63, 3.8) is 0 Å². The first-order valence-corrected chi connectivity index (χ1v) is 11.0. The average molecular weight is 415 g/mol. The molecule has 6 nitrogen and oxygen atoms in total. The van der Waals surface area contributed by atoms with Crippen LogP contribution in [0.5, 0.6) is 0 Å². The molecule has 0 radical (unpaired) electrons. The molecule has 0 aliphatic carbocycles. The van der Waals surface area contributed by atoms with Gasteiger partial charge in [-0.2, -0.15) is 8.42 Å². The van der Waals surface area contributed by atoms with Crippen LogP contribution in [0.3, 0.4) is 0 Å². The van der Waals surface area contributed by atoms with Crippen LogP contribution in [0.4, 0.5) is 4.39 Å². The Morgan fingerprint density at radius 2 is 1.93 bits per heavy atom. The molecule has 0 saturated carbocycles. The SMILES string of the molecule is Cc1ccc(CNC(=O)C2CCN(C3=NS(=O)(=O)c4ccccc43)CC2)cc1F. The lowest BCUT2D eigenvalue weighted by Gasteiger charge is -2.32. The van der Waals surface area contributed by atoms with Gasteiger partial charge in [0, 0.05) is 31.1 Å². The molecule has 1 N–H and O–H groups in total. The molecule has 0 unspecified atom stereocenters. The van der Waals surface area contributed by atoms with Gasteiger partial charge in [-0.05, 0) is 49.1 Å². The smallest absolute Gasteiger partial charge is 0.285 e. The second-order valence-electron chi connectivity index (χ2n) is 7.45. The molecule has 2 heterocycles. The fraction of sp³-hybridized carbons (Fsp3) is 0.333. The molecule has 152 valence electrons. The number of rotatable bonds is 3. The Hall–Kier alpha value is -2.74. The molecule has 4 rings (SSSR count). The Kier molecular flexibility index (Phi) is 5.12. The number of hydrogen-bond acceptors (Lipinski definition) is 4. The number of hydrogen-bond donors (Lipinski definition) is 1. The van der Waals surface area contributed by atoms with E-state index in [2.05, 4.69) is 9.71 Å². The van der Waals surface area contributed by atoms with Gasteiger partial charge in [0.1, 0.15) is 10.7 Å². The summed E-state index contributed by atoms with van der Waals surface area (Å²) in [5, 5.41) is 2.88. The summed E-state index contributed by atoms with van der Waals surface area (Å²) in [7, 11) is -3.64. The van der Waals surface area contributed by atoms with Crippen LogP contribution >= 0.6 is 0 Å². The maximum atomic E-state index is 13.6. The third-order valence-electron chi connectivity index (χ3n) is 5.48. The number of piperidine rings is 1. The zero-order valence-electron chi connectivity index (χ0n) is 16.1. The van der Waals surface area contributed by atoms with E-state index in [9.17, 15) is 17.6 Å². The minimum Gasteiger partial charge on any atom is -0.355 e. The number of likely N-dealkylation sites (tertiary alicyclic amines) is 1. The van der Waals surface area contributed by atoms with Gasteiger partial charge < -0.3 is 10.2 Å². The van der Waals surface area contributed by atoms with Crippen molar-refractivity contribution in [1.29, 1.82) is 0 Å². The first-order valence-electron chi connectivity index (χ1n) is 9.57. The van der Waals surface area contributed by atoms with Crippen LogP contribution in [0.1, 0.15) is 29.5 Å². The van der Waals surface area contributed by atoms with E-state index in [4.69, 9.17) is 0 Å². The zero-order valence-corrected chi connectivity index (χ0v) is 16.9. The van der Waals surface area contributed by atoms with Gasteiger partial charge in [0.15, 0.2) is 5.84 Å². The van der Waals surface area contributed by atoms with Gasteiger partial charge >= 0.3 is 0 Å². The number of fused-ring (bicyclic) bond motifs is 1. The maximum absolute atomic E-state index is 13.6. The fourth-order valence-electron chi connectivity index (χ4n) is 3.75. The molecule has 2 aliphatic rings. The van der Waals surface area contributed by atoms with Gasteiger partial charge in [-0.15, -0.1) is 4.40 Å². The monoisotopic (exact) mass is 415 g/mol. The number of amides is 1. The predicted octanol–water partition coefficient (Wildman–Crippen LogP) is 2.61. The highest BCUT2D eigenvalue weighted by molar-refractivity contribution is 7.90. The highest BCUT2D eigenvalue weighted by Gasteiger charge is 2.34. The molecule has 0 spiro atoms. The van der Waals surface area contributed by atoms with Crippen LogP contribution in [-0.2, 0) is 21.4 Å². The minimum absolute atomic E-state index is 0.0629. The van der Waals surface area contributed by atoms with Crippen molar-refractivity contribution in [3.8, 4) is 0 Å². The molecular formula is C21H22FN3O3S. The number of nitrogens with zero attached hydrogens (tertiary/aromatic N) is 2. The number of sulfonamides is 1. The number of amidine groups is 1. The first-order chi connectivity index (χ1) is 13.8. The first kappa shape index (κ1) is 19.6. The fourth-order valence-corrected chi connectivity index (χ4v) is 4.98. The van der Waals surface area contributed by atoms with Crippen molar-refractivity contribution in [2.75, 3.05) is 13.1 Å². The van der Waals surface area contributed by atoms with Gasteiger partial charge in [0.2, 0.25) is 5.91 Å². The van der Waals surface area contributed by atoms with E-state index in [1.165, 1.54) is 6.07 Å². The summed E-state index contributed by atoms with van der Waals surface area (Å²) < 4.78 is 42.1. The summed E-state index contributed by atoms with van der Waals surface area (Å²) in [5.74, 6) is -0.0327. The summed E-state index contributed by atoms with van der Waals surface area (Å²) in [6.45, 7) is 3.10. The lowest BCUT2D eigenvalue weighted by atomic mass is 9.95. The van der Waals surface area contributed by atoms with Crippen molar-refractivity contribution in [3.05, 3.63) is 65.0 Å². The molecule has 2 aromatic carbocycles. The van der Waals surface area contributed by atoms with Crippen molar-refractivity contribution >= 4 is 21.8 Å². The summed E-state index contributed by atoms with van der Waals surface area (Å²) in [5.41, 5.74) is 1.92. The van der Waals surface area contributed by atoms with Crippen LogP contribution in [0.2, 0.25) is 0 Å². The summed E-state index contributed by atoms with van der Waals surface area (Å²) in [6.07, 6.45) is 1.21. The van der Waals surface area contributed by atoms with E-state index in [1.54, 1.807) is 43.3 Å². The third-order valence-corrected chi connectivity index (χ3v) is 6.81. The molecule has 2 aliphatic heterocycles. The van der Waals surface area contributed by atoms with Crippen LogP contribution in [0, 0.1) is 18.7 Å². The largest absolute Gasteiger partial charge is 0.355 e. The highest BCUT2D eigenvalue weighted by atomic mass is 32.2. The molecule has 29 heavy (non-hydrogen) atoms. The molecule has 2 aromatic rings. The lowest BCUT2D eigenvalue weighted by Crippen LogP contribution is -2.42. The van der Waals surface area contributed by atoms with Crippen molar-refractivity contribution in [1.82, 2.24) is 10.2 Å². The Morgan fingerprint density at radius 3 is 2.66 bits per heavy atom. The molecule has 1 saturated heterocycles. The van der Waals surface area contributed by atoms with Gasteiger partial charge in [0.25, 0.3) is 10.0 Å². The maximum Gasteiger partial charge on any atom is 0.285 e. The van der Waals surface area contributed by atoms with E-state index < -0.39 is 10.0 Å². The predicted molar refractivity (Wildman–Crippen MR) is 107 cm³/mol. The quantitative estimate of drug-likeness (QED) is 0.836. The standard InChI is InChI=1S/C21H22FN3O3S/c1-14-6-7-15(12-18(14)22)13-23-21(26)16-8-10-25(11-9-16)20-17-4-2-3-5-19(17)29(27,28)24-20/h2-7,12,16H,8-11,13H2,1H3,(H,23,26). The van der Waals surface area contributed by atoms with E-state index in [1.807, 2.05) is 4.90 Å². The topological polar surface area (TPSA) is 78.8 Å². The number of carbonyl (C=O) groups is 1. The summed E-state index contributed by atoms with van der Waals surface area (Å²) in [6, 6.07) is 11.7. The molecule has 1 fully saturated rings.